The minimum absolute atomic E-state index is 0.109. The number of rotatable bonds is 23. The van der Waals surface area contributed by atoms with Crippen LogP contribution in [-0.4, -0.2) is 74.4 Å². The van der Waals surface area contributed by atoms with Gasteiger partial charge in [0.15, 0.2) is 5.82 Å². The molecule has 0 spiro atoms. The molecule has 5 N–H and O–H groups in total. The fourth-order valence-electron chi connectivity index (χ4n) is 5.47. The van der Waals surface area contributed by atoms with E-state index in [9.17, 15) is 24.9 Å². The molecule has 14 heteroatoms. The topological polar surface area (TPSA) is 195 Å². The number of aliphatic hydroxyl groups excluding tert-OH is 2. The van der Waals surface area contributed by atoms with Crippen LogP contribution in [0.3, 0.4) is 0 Å². The third-order valence-corrected chi connectivity index (χ3v) is 9.00. The maximum absolute atomic E-state index is 12.4. The van der Waals surface area contributed by atoms with Gasteiger partial charge in [0.1, 0.15) is 36.2 Å². The zero-order valence-electron chi connectivity index (χ0n) is 25.9. The van der Waals surface area contributed by atoms with Gasteiger partial charge in [-0.05, 0) is 18.6 Å². The molecule has 0 aromatic carbocycles. The van der Waals surface area contributed by atoms with Crippen molar-refractivity contribution in [2.45, 2.75) is 121 Å². The van der Waals surface area contributed by atoms with Gasteiger partial charge in [-0.25, -0.2) is 14.1 Å². The summed E-state index contributed by atoms with van der Waals surface area (Å²) in [4.78, 5) is 13.9. The molecule has 0 amide bonds. The van der Waals surface area contributed by atoms with E-state index in [-0.39, 0.29) is 24.7 Å². The lowest BCUT2D eigenvalue weighted by Gasteiger charge is -2.24. The summed E-state index contributed by atoms with van der Waals surface area (Å²) in [6.07, 6.45) is 14.4. The lowest BCUT2D eigenvalue weighted by molar-refractivity contribution is -0.0646. The predicted octanol–water partition coefficient (Wildman–Crippen LogP) is 4.78. The molecule has 13 nitrogen and oxygen atoms in total. The Morgan fingerprint density at radius 1 is 0.977 bits per heavy atom. The van der Waals surface area contributed by atoms with Gasteiger partial charge in [0, 0.05) is 6.61 Å². The van der Waals surface area contributed by atoms with E-state index in [1.807, 2.05) is 6.07 Å². The SMILES string of the molecule is CCCCCCCCCCCCCCCCOCCOP(=O)(O)OC[C@H]1O[C@@](C#N)(c2ccc3c(N)ncnn23)[C@H](O)[C@@H]1O. The van der Waals surface area contributed by atoms with E-state index in [2.05, 4.69) is 17.0 Å². The first-order valence-electron chi connectivity index (χ1n) is 16.0. The minimum atomic E-state index is -4.52. The van der Waals surface area contributed by atoms with Gasteiger partial charge in [-0.3, -0.25) is 9.05 Å². The molecule has 2 aromatic rings. The molecule has 0 radical (unpaired) electrons. The molecule has 0 saturated carbocycles. The maximum atomic E-state index is 12.4. The van der Waals surface area contributed by atoms with Gasteiger partial charge in [-0.15, -0.1) is 0 Å². The lowest BCUT2D eigenvalue weighted by atomic mass is 9.92. The van der Waals surface area contributed by atoms with Gasteiger partial charge >= 0.3 is 7.82 Å². The highest BCUT2D eigenvalue weighted by Gasteiger charge is 2.58. The van der Waals surface area contributed by atoms with E-state index in [0.29, 0.717) is 12.1 Å². The summed E-state index contributed by atoms with van der Waals surface area (Å²) in [7, 11) is -4.52. The van der Waals surface area contributed by atoms with Gasteiger partial charge in [-0.1, -0.05) is 90.4 Å². The van der Waals surface area contributed by atoms with Crippen LogP contribution in [0.4, 0.5) is 5.82 Å². The molecular formula is C30H50N5O8P. The van der Waals surface area contributed by atoms with Crippen LogP contribution in [0, 0.1) is 11.3 Å². The molecule has 1 saturated heterocycles. The highest BCUT2D eigenvalue weighted by Crippen LogP contribution is 2.46. The fourth-order valence-corrected chi connectivity index (χ4v) is 6.18. The minimum Gasteiger partial charge on any atom is -0.387 e. The van der Waals surface area contributed by atoms with Gasteiger partial charge in [-0.2, -0.15) is 10.4 Å². The number of hydrogen-bond donors (Lipinski definition) is 4. The number of nitriles is 1. The van der Waals surface area contributed by atoms with Crippen LogP contribution in [0.5, 0.6) is 0 Å². The van der Waals surface area contributed by atoms with Crippen LogP contribution in [0.1, 0.15) is 103 Å². The zero-order chi connectivity index (χ0) is 31.8. The molecule has 1 unspecified atom stereocenters. The molecule has 3 rings (SSSR count). The first-order chi connectivity index (χ1) is 21.3. The Morgan fingerprint density at radius 2 is 1.59 bits per heavy atom. The van der Waals surface area contributed by atoms with Gasteiger partial charge in [0.2, 0.25) is 5.60 Å². The molecule has 2 aromatic heterocycles. The quantitative estimate of drug-likeness (QED) is 0.0961. The van der Waals surface area contributed by atoms with Crippen LogP contribution in [0.2, 0.25) is 0 Å². The number of phosphoric acid groups is 1. The largest absolute Gasteiger partial charge is 0.472 e. The number of ether oxygens (including phenoxy) is 2. The summed E-state index contributed by atoms with van der Waals surface area (Å²) >= 11 is 0. The van der Waals surface area contributed by atoms with Crippen LogP contribution in [0.15, 0.2) is 18.5 Å². The van der Waals surface area contributed by atoms with E-state index in [1.54, 1.807) is 6.07 Å². The average molecular weight is 640 g/mol. The van der Waals surface area contributed by atoms with Crippen molar-refractivity contribution in [2.75, 3.05) is 32.2 Å². The van der Waals surface area contributed by atoms with Crippen molar-refractivity contribution >= 4 is 19.2 Å². The number of fused-ring (bicyclic) bond motifs is 1. The monoisotopic (exact) mass is 639 g/mol. The summed E-state index contributed by atoms with van der Waals surface area (Å²) in [6.45, 7) is 2.13. The summed E-state index contributed by atoms with van der Waals surface area (Å²) in [5.41, 5.74) is 4.30. The second-order valence-electron chi connectivity index (χ2n) is 11.4. The number of nitrogen functional groups attached to an aromatic ring is 1. The van der Waals surface area contributed by atoms with Crippen molar-refractivity contribution in [3.63, 3.8) is 0 Å². The van der Waals surface area contributed by atoms with Gasteiger partial charge in [0.25, 0.3) is 0 Å². The number of anilines is 1. The molecule has 1 fully saturated rings. The normalized spacial score (nSPS) is 23.2. The molecule has 248 valence electrons. The summed E-state index contributed by atoms with van der Waals surface area (Å²) in [6, 6.07) is 4.92. The lowest BCUT2D eigenvalue weighted by Crippen LogP contribution is -2.41. The molecular weight excluding hydrogens is 589 g/mol. The number of unbranched alkanes of at least 4 members (excludes halogenated alkanes) is 13. The van der Waals surface area contributed by atoms with E-state index in [1.165, 1.54) is 94.0 Å². The Balaban J connectivity index is 1.25. The molecule has 3 heterocycles. The first-order valence-corrected chi connectivity index (χ1v) is 17.5. The molecule has 1 aliphatic rings. The fraction of sp³-hybridized carbons (Fsp3) is 0.767. The number of aliphatic hydroxyl groups is 2. The number of hydrogen-bond acceptors (Lipinski definition) is 11. The second kappa shape index (κ2) is 18.7. The molecule has 0 aliphatic carbocycles. The van der Waals surface area contributed by atoms with Crippen molar-refractivity contribution in [1.29, 1.82) is 5.26 Å². The number of nitrogens with zero attached hydrogens (tertiary/aromatic N) is 4. The van der Waals surface area contributed by atoms with Gasteiger partial charge < -0.3 is 30.3 Å². The standard InChI is InChI=1S/C30H50N5O8P/c1-2-3-4-5-6-7-8-9-10-11-12-13-14-15-18-40-19-20-41-44(38,39)42-21-25-27(36)28(37)30(22-31,43-25)26-17-16-24-29(32)33-23-34-35(24)26/h16-17,23,25,27-28,36-37H,2-15,18-21H2,1H3,(H,38,39)(H2,32,33,34)/t25-,27-,28-,30+/m1/s1. The van der Waals surface area contributed by atoms with Crippen molar-refractivity contribution in [3.8, 4) is 6.07 Å². The van der Waals surface area contributed by atoms with E-state index in [0.717, 1.165) is 12.8 Å². The molecule has 1 aliphatic heterocycles. The number of nitrogens with two attached hydrogens (primary N) is 1. The number of phosphoric ester groups is 1. The summed E-state index contributed by atoms with van der Waals surface area (Å²) in [5.74, 6) is 0.147. The van der Waals surface area contributed by atoms with E-state index in [4.69, 9.17) is 24.3 Å². The molecule has 5 atom stereocenters. The highest BCUT2D eigenvalue weighted by atomic mass is 31.2. The second-order valence-corrected chi connectivity index (χ2v) is 12.9. The third kappa shape index (κ3) is 10.5. The van der Waals surface area contributed by atoms with Crippen LogP contribution < -0.4 is 5.73 Å². The summed E-state index contributed by atoms with van der Waals surface area (Å²) < 4.78 is 34.8. The molecule has 0 bridgehead atoms. The molecule has 44 heavy (non-hydrogen) atoms. The predicted molar refractivity (Wildman–Crippen MR) is 164 cm³/mol. The maximum Gasteiger partial charge on any atom is 0.472 e. The smallest absolute Gasteiger partial charge is 0.387 e. The van der Waals surface area contributed by atoms with Crippen molar-refractivity contribution in [1.82, 2.24) is 14.6 Å². The Kier molecular flexibility index (Phi) is 15.5. The van der Waals surface area contributed by atoms with E-state index < -0.39 is 38.3 Å². The number of aromatic nitrogens is 3. The Labute approximate surface area is 260 Å². The van der Waals surface area contributed by atoms with Crippen molar-refractivity contribution in [2.24, 2.45) is 0 Å². The van der Waals surface area contributed by atoms with Crippen LogP contribution in [0.25, 0.3) is 5.52 Å². The van der Waals surface area contributed by atoms with Crippen molar-refractivity contribution in [3.05, 3.63) is 24.2 Å². The Morgan fingerprint density at radius 3 is 2.20 bits per heavy atom. The van der Waals surface area contributed by atoms with Gasteiger partial charge in [0.05, 0.1) is 25.5 Å². The Hall–Kier alpha value is -2.14. The Bertz CT molecular complexity index is 1210. The van der Waals surface area contributed by atoms with E-state index >= 15 is 0 Å². The first kappa shape index (κ1) is 36.3. The van der Waals surface area contributed by atoms with Crippen LogP contribution in [-0.2, 0) is 28.7 Å². The third-order valence-electron chi connectivity index (χ3n) is 8.01. The van der Waals surface area contributed by atoms with Crippen LogP contribution >= 0.6 is 7.82 Å². The summed E-state index contributed by atoms with van der Waals surface area (Å²) in [5, 5.41) is 35.4. The highest BCUT2D eigenvalue weighted by molar-refractivity contribution is 7.47. The zero-order valence-corrected chi connectivity index (χ0v) is 26.8. The average Bonchev–Trinajstić information content (AvgIpc) is 3.56. The van der Waals surface area contributed by atoms with Crippen molar-refractivity contribution < 1.29 is 38.2 Å².